The third-order valence-corrected chi connectivity index (χ3v) is 3.77. The Bertz CT molecular complexity index is 999. The van der Waals surface area contributed by atoms with Crippen molar-refractivity contribution in [2.45, 2.75) is 6.92 Å². The number of fused-ring (bicyclic) bond motifs is 1. The van der Waals surface area contributed by atoms with E-state index in [-0.39, 0.29) is 5.69 Å². The lowest BCUT2D eigenvalue weighted by atomic mass is 9.99. The predicted molar refractivity (Wildman–Crippen MR) is 81.6 cm³/mol. The molecule has 4 nitrogen and oxygen atoms in total. The summed E-state index contributed by atoms with van der Waals surface area (Å²) in [7, 11) is 0. The number of nitrogens with two attached hydrogens (primary N) is 1. The molecule has 0 spiro atoms. The Hall–Kier alpha value is -3.20. The van der Waals surface area contributed by atoms with Crippen molar-refractivity contribution in [3.8, 4) is 17.2 Å². The highest BCUT2D eigenvalue weighted by atomic mass is 19.2. The molecular formula is C17H11F2N3O. The molecule has 0 bridgehead atoms. The second-order valence-electron chi connectivity index (χ2n) is 5.18. The zero-order chi connectivity index (χ0) is 16.7. The molecule has 0 radical (unpaired) electrons. The van der Waals surface area contributed by atoms with Gasteiger partial charge in [-0.25, -0.2) is 8.78 Å². The van der Waals surface area contributed by atoms with Crippen LogP contribution in [0.5, 0.6) is 0 Å². The van der Waals surface area contributed by atoms with Gasteiger partial charge < -0.3 is 10.7 Å². The van der Waals surface area contributed by atoms with Crippen LogP contribution in [0.4, 0.5) is 8.78 Å². The maximum absolute atomic E-state index is 13.5. The summed E-state index contributed by atoms with van der Waals surface area (Å²) in [6.07, 6.45) is 0. The Kier molecular flexibility index (Phi) is 3.34. The molecule has 1 amide bonds. The molecule has 114 valence electrons. The minimum Gasteiger partial charge on any atom is -0.364 e. The Morgan fingerprint density at radius 3 is 2.57 bits per heavy atom. The molecule has 3 N–H and O–H groups in total. The number of aromatic nitrogens is 1. The number of hydrogen-bond donors (Lipinski definition) is 2. The number of carbonyl (C=O) groups is 1. The molecule has 23 heavy (non-hydrogen) atoms. The van der Waals surface area contributed by atoms with E-state index in [1.54, 1.807) is 19.1 Å². The number of rotatable bonds is 2. The molecule has 0 fully saturated rings. The van der Waals surface area contributed by atoms with Crippen molar-refractivity contribution < 1.29 is 13.6 Å². The van der Waals surface area contributed by atoms with E-state index in [9.17, 15) is 18.8 Å². The summed E-state index contributed by atoms with van der Waals surface area (Å²) in [4.78, 5) is 14.4. The van der Waals surface area contributed by atoms with E-state index in [0.717, 1.165) is 12.1 Å². The number of primary amides is 1. The lowest BCUT2D eigenvalue weighted by Crippen LogP contribution is -2.12. The molecule has 6 heteroatoms. The normalized spacial score (nSPS) is 10.7. The van der Waals surface area contributed by atoms with Gasteiger partial charge in [0.25, 0.3) is 5.91 Å². The number of benzene rings is 2. The van der Waals surface area contributed by atoms with Crippen molar-refractivity contribution in [1.29, 1.82) is 5.26 Å². The first-order valence-electron chi connectivity index (χ1n) is 6.74. The molecule has 0 saturated heterocycles. The molecule has 0 unspecified atom stereocenters. The lowest BCUT2D eigenvalue weighted by molar-refractivity contribution is 0.0996. The molecule has 1 heterocycles. The SMILES string of the molecule is Cc1c(C(N)=O)[nH]c2c(-c3ccc(F)c(F)c3)cc(C#N)cc12. The summed E-state index contributed by atoms with van der Waals surface area (Å²) < 4.78 is 26.7. The summed E-state index contributed by atoms with van der Waals surface area (Å²) in [5.74, 6) is -2.58. The van der Waals surface area contributed by atoms with Crippen molar-refractivity contribution in [2.24, 2.45) is 5.73 Å². The topological polar surface area (TPSA) is 82.7 Å². The minimum absolute atomic E-state index is 0.221. The van der Waals surface area contributed by atoms with E-state index in [4.69, 9.17) is 5.73 Å². The van der Waals surface area contributed by atoms with Gasteiger partial charge in [0.15, 0.2) is 11.6 Å². The van der Waals surface area contributed by atoms with Gasteiger partial charge in [-0.05, 0) is 42.3 Å². The van der Waals surface area contributed by atoms with Crippen LogP contribution >= 0.6 is 0 Å². The number of H-pyrrole nitrogens is 1. The number of nitrogens with one attached hydrogen (secondary N) is 1. The van der Waals surface area contributed by atoms with Crippen molar-refractivity contribution in [1.82, 2.24) is 4.98 Å². The van der Waals surface area contributed by atoms with E-state index >= 15 is 0 Å². The summed E-state index contributed by atoms with van der Waals surface area (Å²) in [5, 5.41) is 9.82. The Balaban J connectivity index is 2.39. The second-order valence-corrected chi connectivity index (χ2v) is 5.18. The van der Waals surface area contributed by atoms with Gasteiger partial charge in [-0.2, -0.15) is 5.26 Å². The fourth-order valence-corrected chi connectivity index (χ4v) is 2.63. The molecular weight excluding hydrogens is 300 g/mol. The first-order valence-corrected chi connectivity index (χ1v) is 6.74. The highest BCUT2D eigenvalue weighted by Crippen LogP contribution is 2.33. The summed E-state index contributed by atoms with van der Waals surface area (Å²) in [6.45, 7) is 1.70. The lowest BCUT2D eigenvalue weighted by Gasteiger charge is -2.06. The molecule has 0 saturated carbocycles. The van der Waals surface area contributed by atoms with Crippen LogP contribution in [0, 0.1) is 29.9 Å². The highest BCUT2D eigenvalue weighted by molar-refractivity contribution is 6.05. The van der Waals surface area contributed by atoms with Gasteiger partial charge in [0.05, 0.1) is 17.1 Å². The molecule has 3 rings (SSSR count). The largest absolute Gasteiger partial charge is 0.364 e. The molecule has 2 aromatic carbocycles. The van der Waals surface area contributed by atoms with Gasteiger partial charge in [0.2, 0.25) is 0 Å². The Morgan fingerprint density at radius 2 is 1.96 bits per heavy atom. The zero-order valence-corrected chi connectivity index (χ0v) is 12.1. The minimum atomic E-state index is -0.989. The van der Waals surface area contributed by atoms with Crippen LogP contribution in [0.15, 0.2) is 30.3 Å². The summed E-state index contributed by atoms with van der Waals surface area (Å²) >= 11 is 0. The number of hydrogen-bond acceptors (Lipinski definition) is 2. The fraction of sp³-hybridized carbons (Fsp3) is 0.0588. The maximum atomic E-state index is 13.5. The molecule has 3 aromatic rings. The van der Waals surface area contributed by atoms with Crippen molar-refractivity contribution >= 4 is 16.8 Å². The van der Waals surface area contributed by atoms with E-state index < -0.39 is 17.5 Å². The number of nitrogens with zero attached hydrogens (tertiary/aromatic N) is 1. The predicted octanol–water partition coefficient (Wildman–Crippen LogP) is 3.39. The monoisotopic (exact) mass is 311 g/mol. The van der Waals surface area contributed by atoms with Crippen LogP contribution in [0.25, 0.3) is 22.0 Å². The van der Waals surface area contributed by atoms with Crippen molar-refractivity contribution in [3.63, 3.8) is 0 Å². The third kappa shape index (κ3) is 2.32. The zero-order valence-electron chi connectivity index (χ0n) is 12.1. The average molecular weight is 311 g/mol. The molecule has 0 aliphatic heterocycles. The number of halogens is 2. The van der Waals surface area contributed by atoms with Gasteiger partial charge in [0, 0.05) is 10.9 Å². The highest BCUT2D eigenvalue weighted by Gasteiger charge is 2.17. The number of aryl methyl sites for hydroxylation is 1. The molecule has 1 aromatic heterocycles. The van der Waals surface area contributed by atoms with Crippen LogP contribution in [0.2, 0.25) is 0 Å². The van der Waals surface area contributed by atoms with Gasteiger partial charge in [-0.15, -0.1) is 0 Å². The van der Waals surface area contributed by atoms with Crippen LogP contribution in [0.3, 0.4) is 0 Å². The van der Waals surface area contributed by atoms with Crippen LogP contribution in [0.1, 0.15) is 21.6 Å². The van der Waals surface area contributed by atoms with E-state index in [1.165, 1.54) is 6.07 Å². The maximum Gasteiger partial charge on any atom is 0.265 e. The number of aromatic amines is 1. The first kappa shape index (κ1) is 14.7. The molecule has 0 aliphatic rings. The smallest absolute Gasteiger partial charge is 0.265 e. The average Bonchev–Trinajstić information content (AvgIpc) is 2.86. The van der Waals surface area contributed by atoms with Crippen LogP contribution < -0.4 is 5.73 Å². The Morgan fingerprint density at radius 1 is 1.22 bits per heavy atom. The molecule has 0 atom stereocenters. The van der Waals surface area contributed by atoms with Crippen molar-refractivity contribution in [3.05, 3.63) is 58.8 Å². The molecule has 0 aliphatic carbocycles. The fourth-order valence-electron chi connectivity index (χ4n) is 2.63. The number of carbonyl (C=O) groups excluding carboxylic acids is 1. The van der Waals surface area contributed by atoms with Gasteiger partial charge in [-0.1, -0.05) is 6.07 Å². The summed E-state index contributed by atoms with van der Waals surface area (Å²) in [6, 6.07) is 8.67. The van der Waals surface area contributed by atoms with Gasteiger partial charge >= 0.3 is 0 Å². The van der Waals surface area contributed by atoms with E-state index in [0.29, 0.717) is 33.2 Å². The van der Waals surface area contributed by atoms with E-state index in [1.807, 2.05) is 6.07 Å². The Labute approximate surface area is 130 Å². The number of nitriles is 1. The second kappa shape index (κ2) is 5.21. The van der Waals surface area contributed by atoms with Gasteiger partial charge in [-0.3, -0.25) is 4.79 Å². The summed E-state index contributed by atoms with van der Waals surface area (Å²) in [5.41, 5.74) is 7.93. The first-order chi connectivity index (χ1) is 10.9. The van der Waals surface area contributed by atoms with Gasteiger partial charge in [0.1, 0.15) is 5.69 Å². The number of amides is 1. The third-order valence-electron chi connectivity index (χ3n) is 3.77. The van der Waals surface area contributed by atoms with Crippen LogP contribution in [-0.2, 0) is 0 Å². The quantitative estimate of drug-likeness (QED) is 0.760. The van der Waals surface area contributed by atoms with Crippen LogP contribution in [-0.4, -0.2) is 10.9 Å². The van der Waals surface area contributed by atoms with Crippen molar-refractivity contribution in [2.75, 3.05) is 0 Å². The van der Waals surface area contributed by atoms with E-state index in [2.05, 4.69) is 4.98 Å². The standard InChI is InChI=1S/C17H11F2N3O/c1-8-11-4-9(7-20)5-12(16(11)22-15(8)17(21)23)10-2-3-13(18)14(19)6-10/h2-6,22H,1H3,(H2,21,23).